The zero-order chi connectivity index (χ0) is 23.3. The molecule has 0 spiro atoms. The number of hydrogen-bond donors (Lipinski definition) is 0. The molecule has 5 nitrogen and oxygen atoms in total. The Kier molecular flexibility index (Phi) is 10.1. The van der Waals surface area contributed by atoms with Gasteiger partial charge in [-0.05, 0) is 82.2 Å². The third-order valence-corrected chi connectivity index (χ3v) is 7.10. The number of aromatic nitrogens is 1. The first-order valence-corrected chi connectivity index (χ1v) is 12.5. The molecule has 0 N–H and O–H groups in total. The van der Waals surface area contributed by atoms with E-state index in [0.29, 0.717) is 12.1 Å². The van der Waals surface area contributed by atoms with E-state index < -0.39 is 0 Å². The SMILES string of the molecule is CCN(CC)CCN(C(=O)c1ccc(N(CC)CC)cc1)c1nc2c(C)cc(C)cc2s1.Cl. The van der Waals surface area contributed by atoms with Crippen LogP contribution in [0.5, 0.6) is 0 Å². The predicted octanol–water partition coefficient (Wildman–Crippen LogP) is 6.17. The summed E-state index contributed by atoms with van der Waals surface area (Å²) in [6.07, 6.45) is 0. The molecule has 3 rings (SSSR count). The van der Waals surface area contributed by atoms with Crippen molar-refractivity contribution in [3.63, 3.8) is 0 Å². The fourth-order valence-corrected chi connectivity index (χ4v) is 5.27. The Labute approximate surface area is 208 Å². The highest BCUT2D eigenvalue weighted by Crippen LogP contribution is 2.32. The van der Waals surface area contributed by atoms with Crippen molar-refractivity contribution in [2.75, 3.05) is 49.1 Å². The van der Waals surface area contributed by atoms with Gasteiger partial charge in [0.15, 0.2) is 5.13 Å². The first-order chi connectivity index (χ1) is 15.4. The molecule has 0 bridgehead atoms. The summed E-state index contributed by atoms with van der Waals surface area (Å²) in [5, 5.41) is 0.777. The number of likely N-dealkylation sites (N-methyl/N-ethyl adjacent to an activating group) is 1. The summed E-state index contributed by atoms with van der Waals surface area (Å²) in [5.74, 6) is 0.0108. The number of anilines is 2. The highest BCUT2D eigenvalue weighted by molar-refractivity contribution is 7.22. The molecule has 0 aliphatic heterocycles. The van der Waals surface area contributed by atoms with E-state index in [-0.39, 0.29) is 18.3 Å². The van der Waals surface area contributed by atoms with Crippen molar-refractivity contribution < 1.29 is 4.79 Å². The second-order valence-corrected chi connectivity index (χ2v) is 9.14. The quantitative estimate of drug-likeness (QED) is 0.342. The molecule has 0 aliphatic rings. The lowest BCUT2D eigenvalue weighted by Crippen LogP contribution is -2.38. The molecule has 0 aliphatic carbocycles. The molecule has 3 aromatic rings. The molecule has 1 amide bonds. The average Bonchev–Trinajstić information content (AvgIpc) is 3.22. The second kappa shape index (κ2) is 12.4. The van der Waals surface area contributed by atoms with Crippen LogP contribution in [-0.4, -0.2) is 55.1 Å². The first kappa shape index (κ1) is 27.1. The van der Waals surface area contributed by atoms with Crippen LogP contribution in [0.3, 0.4) is 0 Å². The standard InChI is InChI=1S/C26H36N4OS.ClH/c1-7-28(8-2)15-16-30(26-27-24-20(6)17-19(5)18-23(24)32-26)25(31)21-11-13-22(14-12-21)29(9-3)10-4;/h11-14,17-18H,7-10,15-16H2,1-6H3;1H. The molecule has 7 heteroatoms. The lowest BCUT2D eigenvalue weighted by molar-refractivity contribution is 0.0984. The van der Waals surface area contributed by atoms with Gasteiger partial charge in [-0.15, -0.1) is 12.4 Å². The molecule has 0 atom stereocenters. The molecular weight excluding hydrogens is 452 g/mol. The number of amides is 1. The fraction of sp³-hybridized carbons (Fsp3) is 0.462. The number of hydrogen-bond acceptors (Lipinski definition) is 5. The van der Waals surface area contributed by atoms with Crippen LogP contribution in [0, 0.1) is 13.8 Å². The largest absolute Gasteiger partial charge is 0.372 e. The first-order valence-electron chi connectivity index (χ1n) is 11.7. The molecule has 1 heterocycles. The fourth-order valence-electron chi connectivity index (χ4n) is 4.10. The maximum atomic E-state index is 13.6. The van der Waals surface area contributed by atoms with Gasteiger partial charge >= 0.3 is 0 Å². The third-order valence-electron chi connectivity index (χ3n) is 6.07. The smallest absolute Gasteiger partial charge is 0.260 e. The number of carbonyl (C=O) groups is 1. The summed E-state index contributed by atoms with van der Waals surface area (Å²) < 4.78 is 1.13. The van der Waals surface area contributed by atoms with Gasteiger partial charge in [0, 0.05) is 37.4 Å². The molecule has 0 unspecified atom stereocenters. The van der Waals surface area contributed by atoms with Gasteiger partial charge in [0.25, 0.3) is 5.91 Å². The Morgan fingerprint density at radius 1 is 0.909 bits per heavy atom. The molecule has 33 heavy (non-hydrogen) atoms. The zero-order valence-electron chi connectivity index (χ0n) is 20.7. The van der Waals surface area contributed by atoms with Crippen LogP contribution in [0.15, 0.2) is 36.4 Å². The minimum atomic E-state index is 0. The van der Waals surface area contributed by atoms with E-state index in [9.17, 15) is 4.79 Å². The second-order valence-electron chi connectivity index (χ2n) is 8.13. The molecule has 1 aromatic heterocycles. The van der Waals surface area contributed by atoms with Gasteiger partial charge in [-0.25, -0.2) is 4.98 Å². The van der Waals surface area contributed by atoms with Crippen LogP contribution in [0.2, 0.25) is 0 Å². The van der Waals surface area contributed by atoms with E-state index in [1.807, 2.05) is 17.0 Å². The topological polar surface area (TPSA) is 39.7 Å². The van der Waals surface area contributed by atoms with Gasteiger partial charge in [0.1, 0.15) is 0 Å². The number of thiazole rings is 1. The zero-order valence-corrected chi connectivity index (χ0v) is 22.4. The van der Waals surface area contributed by atoms with Crippen molar-refractivity contribution in [2.45, 2.75) is 41.5 Å². The Morgan fingerprint density at radius 2 is 1.55 bits per heavy atom. The van der Waals surface area contributed by atoms with E-state index in [1.54, 1.807) is 11.3 Å². The average molecular weight is 489 g/mol. The third kappa shape index (κ3) is 6.25. The molecule has 0 radical (unpaired) electrons. The molecule has 0 fully saturated rings. The molecule has 180 valence electrons. The Balaban J connectivity index is 0.00000385. The summed E-state index contributed by atoms with van der Waals surface area (Å²) in [6.45, 7) is 18.1. The van der Waals surface area contributed by atoms with E-state index in [2.05, 4.69) is 75.6 Å². The summed E-state index contributed by atoms with van der Waals surface area (Å²) >= 11 is 1.61. The van der Waals surface area contributed by atoms with Crippen LogP contribution >= 0.6 is 23.7 Å². The predicted molar refractivity (Wildman–Crippen MR) is 146 cm³/mol. The number of carbonyl (C=O) groups excluding carboxylic acids is 1. The van der Waals surface area contributed by atoms with Gasteiger partial charge in [0.05, 0.1) is 10.2 Å². The maximum Gasteiger partial charge on any atom is 0.260 e. The number of halogens is 1. The Hall–Kier alpha value is -2.15. The van der Waals surface area contributed by atoms with Crippen LogP contribution in [0.1, 0.15) is 49.2 Å². The van der Waals surface area contributed by atoms with Crippen LogP contribution in [-0.2, 0) is 0 Å². The Bertz CT molecular complexity index is 1040. The van der Waals surface area contributed by atoms with Crippen LogP contribution < -0.4 is 9.80 Å². The lowest BCUT2D eigenvalue weighted by atomic mass is 10.1. The van der Waals surface area contributed by atoms with Crippen molar-refractivity contribution in [3.05, 3.63) is 53.1 Å². The minimum absolute atomic E-state index is 0. The van der Waals surface area contributed by atoms with E-state index >= 15 is 0 Å². The number of benzene rings is 2. The van der Waals surface area contributed by atoms with Gasteiger partial charge in [-0.2, -0.15) is 0 Å². The molecule has 0 saturated heterocycles. The monoisotopic (exact) mass is 488 g/mol. The molecule has 2 aromatic carbocycles. The molecular formula is C26H37ClN4OS. The summed E-state index contributed by atoms with van der Waals surface area (Å²) in [5.41, 5.74) is 5.22. The van der Waals surface area contributed by atoms with Crippen molar-refractivity contribution >= 4 is 50.7 Å². The molecule has 0 saturated carbocycles. The van der Waals surface area contributed by atoms with Crippen LogP contribution in [0.25, 0.3) is 10.2 Å². The van der Waals surface area contributed by atoms with Crippen molar-refractivity contribution in [3.8, 4) is 0 Å². The van der Waals surface area contributed by atoms with Crippen molar-refractivity contribution in [1.29, 1.82) is 0 Å². The maximum absolute atomic E-state index is 13.6. The highest BCUT2D eigenvalue weighted by atomic mass is 35.5. The number of rotatable bonds is 10. The van der Waals surface area contributed by atoms with Gasteiger partial charge < -0.3 is 9.80 Å². The van der Waals surface area contributed by atoms with Crippen LogP contribution in [0.4, 0.5) is 10.8 Å². The normalized spacial score (nSPS) is 11.0. The number of nitrogens with zero attached hydrogens (tertiary/aromatic N) is 4. The van der Waals surface area contributed by atoms with Crippen molar-refractivity contribution in [1.82, 2.24) is 9.88 Å². The van der Waals surface area contributed by atoms with E-state index in [0.717, 1.165) is 59.3 Å². The summed E-state index contributed by atoms with van der Waals surface area (Å²) in [7, 11) is 0. The highest BCUT2D eigenvalue weighted by Gasteiger charge is 2.22. The van der Waals surface area contributed by atoms with Crippen molar-refractivity contribution in [2.24, 2.45) is 0 Å². The van der Waals surface area contributed by atoms with Gasteiger partial charge in [-0.1, -0.05) is 31.3 Å². The number of fused-ring (bicyclic) bond motifs is 1. The Morgan fingerprint density at radius 3 is 2.12 bits per heavy atom. The summed E-state index contributed by atoms with van der Waals surface area (Å²) in [4.78, 5) is 25.0. The van der Waals surface area contributed by atoms with Gasteiger partial charge in [0.2, 0.25) is 0 Å². The minimum Gasteiger partial charge on any atom is -0.372 e. The number of aryl methyl sites for hydroxylation is 2. The van der Waals surface area contributed by atoms with E-state index in [1.165, 1.54) is 5.56 Å². The van der Waals surface area contributed by atoms with E-state index in [4.69, 9.17) is 4.98 Å². The lowest BCUT2D eigenvalue weighted by Gasteiger charge is -2.25. The van der Waals surface area contributed by atoms with Gasteiger partial charge in [-0.3, -0.25) is 9.69 Å². The summed E-state index contributed by atoms with van der Waals surface area (Å²) in [6, 6.07) is 12.3.